The van der Waals surface area contributed by atoms with Crippen molar-refractivity contribution in [1.82, 2.24) is 0 Å². The average molecular weight is 614 g/mol. The predicted molar refractivity (Wildman–Crippen MR) is 193 cm³/mol. The van der Waals surface area contributed by atoms with Crippen LogP contribution in [0.4, 0.5) is 11.4 Å². The number of fused-ring (bicyclic) bond motifs is 2. The van der Waals surface area contributed by atoms with Crippen molar-refractivity contribution < 1.29 is 0 Å². The van der Waals surface area contributed by atoms with Crippen molar-refractivity contribution in [2.75, 3.05) is 4.90 Å². The number of hydrogen-bond donors (Lipinski definition) is 0. The molecule has 11 rings (SSSR count). The number of anilines is 2. The molecule has 0 amide bonds. The Bertz CT molecular complexity index is 1960. The maximum absolute atomic E-state index is 2.94. The molecular formula is C41H36BNSSi. The summed E-state index contributed by atoms with van der Waals surface area (Å²) in [7, 11) is -2.61. The molecule has 0 N–H and O–H groups in total. The molecule has 3 heterocycles. The van der Waals surface area contributed by atoms with E-state index in [1.807, 2.05) is 11.8 Å². The summed E-state index contributed by atoms with van der Waals surface area (Å²) in [6, 6.07) is 45.9. The quantitative estimate of drug-likeness (QED) is 0.258. The van der Waals surface area contributed by atoms with E-state index in [-0.39, 0.29) is 0 Å². The van der Waals surface area contributed by atoms with E-state index in [2.05, 4.69) is 120 Å². The van der Waals surface area contributed by atoms with Gasteiger partial charge in [0.25, 0.3) is 0 Å². The summed E-state index contributed by atoms with van der Waals surface area (Å²) in [4.78, 5) is 5.88. The fourth-order valence-corrected chi connectivity index (χ4v) is 18.1. The molecule has 3 fully saturated rings. The highest BCUT2D eigenvalue weighted by Crippen LogP contribution is 2.55. The highest BCUT2D eigenvalue weighted by atomic mass is 32.2. The van der Waals surface area contributed by atoms with Gasteiger partial charge in [-0.05, 0) is 112 Å². The van der Waals surface area contributed by atoms with Crippen molar-refractivity contribution in [3.8, 4) is 0 Å². The summed E-state index contributed by atoms with van der Waals surface area (Å²) in [5.41, 5.74) is 7.85. The van der Waals surface area contributed by atoms with E-state index in [1.165, 1.54) is 70.1 Å². The Morgan fingerprint density at radius 1 is 0.556 bits per heavy atom. The third-order valence-electron chi connectivity index (χ3n) is 12.9. The first kappa shape index (κ1) is 25.7. The van der Waals surface area contributed by atoms with Gasteiger partial charge < -0.3 is 4.90 Å². The van der Waals surface area contributed by atoms with Gasteiger partial charge in [0.2, 0.25) is 6.71 Å². The van der Waals surface area contributed by atoms with Crippen LogP contribution in [0.5, 0.6) is 0 Å². The van der Waals surface area contributed by atoms with E-state index in [9.17, 15) is 0 Å². The molecule has 0 aromatic heterocycles. The van der Waals surface area contributed by atoms with Gasteiger partial charge in [0.1, 0.15) is 0 Å². The Morgan fingerprint density at radius 2 is 1.18 bits per heavy atom. The molecule has 3 saturated carbocycles. The number of benzene rings is 5. The van der Waals surface area contributed by atoms with Crippen LogP contribution in [0, 0.1) is 23.7 Å². The molecular weight excluding hydrogens is 577 g/mol. The largest absolute Gasteiger partial charge is 0.339 e. The van der Waals surface area contributed by atoms with E-state index < -0.39 is 8.07 Å². The minimum Gasteiger partial charge on any atom is -0.339 e. The fraction of sp³-hybridized carbons (Fsp3) is 0.268. The zero-order valence-corrected chi connectivity index (χ0v) is 27.3. The lowest BCUT2D eigenvalue weighted by molar-refractivity contribution is 0.0177. The minimum absolute atomic E-state index is 0.304. The van der Waals surface area contributed by atoms with Crippen molar-refractivity contribution >= 4 is 75.1 Å². The third kappa shape index (κ3) is 3.28. The van der Waals surface area contributed by atoms with Gasteiger partial charge in [0, 0.05) is 27.2 Å². The minimum atomic E-state index is -2.61. The Hall–Kier alpha value is -3.47. The summed E-state index contributed by atoms with van der Waals surface area (Å²) < 4.78 is 0. The van der Waals surface area contributed by atoms with Crippen LogP contribution >= 0.6 is 11.8 Å². The first-order valence-electron chi connectivity index (χ1n) is 17.3. The van der Waals surface area contributed by atoms with Crippen molar-refractivity contribution in [3.63, 3.8) is 0 Å². The van der Waals surface area contributed by atoms with E-state index >= 15 is 0 Å². The summed E-state index contributed by atoms with van der Waals surface area (Å²) in [5, 5.41) is 6.22. The van der Waals surface area contributed by atoms with E-state index in [0.29, 0.717) is 12.8 Å². The molecule has 3 aliphatic carbocycles. The second-order valence-corrected chi connectivity index (χ2v) is 19.6. The predicted octanol–water partition coefficient (Wildman–Crippen LogP) is 5.02. The molecule has 3 bridgehead atoms. The van der Waals surface area contributed by atoms with Crippen molar-refractivity contribution in [1.29, 1.82) is 0 Å². The van der Waals surface area contributed by atoms with Gasteiger partial charge in [0.15, 0.2) is 8.07 Å². The van der Waals surface area contributed by atoms with E-state index in [1.54, 1.807) is 26.8 Å². The molecule has 0 radical (unpaired) electrons. The molecule has 0 saturated heterocycles. The summed E-state index contributed by atoms with van der Waals surface area (Å²) in [5.74, 6) is 3.63. The molecule has 218 valence electrons. The molecule has 1 nitrogen and oxygen atoms in total. The second-order valence-electron chi connectivity index (χ2n) is 14.8. The maximum Gasteiger partial charge on any atom is 0.249 e. The first-order chi connectivity index (χ1) is 22.3. The van der Waals surface area contributed by atoms with Gasteiger partial charge in [-0.1, -0.05) is 115 Å². The highest BCUT2D eigenvalue weighted by molar-refractivity contribution is 8.00. The van der Waals surface area contributed by atoms with Crippen molar-refractivity contribution in [3.05, 3.63) is 115 Å². The Morgan fingerprint density at radius 3 is 1.93 bits per heavy atom. The highest BCUT2D eigenvalue weighted by Gasteiger charge is 2.56. The second kappa shape index (κ2) is 9.30. The van der Waals surface area contributed by atoms with Crippen LogP contribution in [0.15, 0.2) is 125 Å². The van der Waals surface area contributed by atoms with Crippen molar-refractivity contribution in [2.24, 2.45) is 23.7 Å². The average Bonchev–Trinajstić information content (AvgIpc) is 3.08. The SMILES string of the molecule is c1ccc([Si]2(c3ccccc3)c3cccc4c3B3c5c(cccc5N(C5CC6CC7CCC5C(C7)C6)c5cccc2c53)S4)cc1. The molecule has 5 atom stereocenters. The van der Waals surface area contributed by atoms with Gasteiger partial charge in [-0.25, -0.2) is 0 Å². The van der Waals surface area contributed by atoms with Gasteiger partial charge in [-0.2, -0.15) is 0 Å². The molecule has 5 aromatic carbocycles. The van der Waals surface area contributed by atoms with Crippen LogP contribution in [-0.4, -0.2) is 20.8 Å². The zero-order valence-electron chi connectivity index (χ0n) is 25.5. The number of nitrogens with zero attached hydrogens (tertiary/aromatic N) is 1. The number of hydrogen-bond acceptors (Lipinski definition) is 2. The lowest BCUT2D eigenvalue weighted by Gasteiger charge is -2.57. The topological polar surface area (TPSA) is 3.24 Å². The van der Waals surface area contributed by atoms with Crippen LogP contribution < -0.4 is 42.0 Å². The first-order valence-corrected chi connectivity index (χ1v) is 20.1. The Kier molecular flexibility index (Phi) is 5.31. The fourth-order valence-electron chi connectivity index (χ4n) is 11.5. The summed E-state index contributed by atoms with van der Waals surface area (Å²) in [6.45, 7) is 0.304. The van der Waals surface area contributed by atoms with Gasteiger partial charge >= 0.3 is 0 Å². The lowest BCUT2D eigenvalue weighted by Crippen LogP contribution is -2.88. The Labute approximate surface area is 272 Å². The monoisotopic (exact) mass is 613 g/mol. The van der Waals surface area contributed by atoms with Gasteiger partial charge in [-0.3, -0.25) is 0 Å². The van der Waals surface area contributed by atoms with E-state index in [4.69, 9.17) is 0 Å². The van der Waals surface area contributed by atoms with Crippen LogP contribution in [0.3, 0.4) is 0 Å². The van der Waals surface area contributed by atoms with Crippen LogP contribution in [-0.2, 0) is 0 Å². The molecule has 45 heavy (non-hydrogen) atoms. The van der Waals surface area contributed by atoms with E-state index in [0.717, 1.165) is 23.7 Å². The Balaban J connectivity index is 1.25. The van der Waals surface area contributed by atoms with Crippen LogP contribution in [0.2, 0.25) is 0 Å². The summed E-state index contributed by atoms with van der Waals surface area (Å²) in [6.07, 6.45) is 8.68. The third-order valence-corrected chi connectivity index (χ3v) is 18.9. The van der Waals surface area contributed by atoms with Gasteiger partial charge in [0.05, 0.1) is 0 Å². The normalized spacial score (nSPS) is 27.2. The molecule has 0 spiro atoms. The smallest absolute Gasteiger partial charge is 0.249 e. The van der Waals surface area contributed by atoms with Crippen LogP contribution in [0.25, 0.3) is 0 Å². The maximum atomic E-state index is 2.94. The molecule has 5 aromatic rings. The molecule has 5 unspecified atom stereocenters. The molecule has 3 aliphatic heterocycles. The molecule has 6 aliphatic rings. The standard InChI is InChI=1S/C41H36BNSSi/c1-3-10-29(11-4-1)45(30-12-5-2-6-13-30)37-18-8-15-33-40(37)42-39-32(14-7-16-35(39)44-36-17-9-19-38(45)41(36)42)43(33)34-25-27-22-26-20-21-31(34)28(23-26)24-27/h1-19,26-28,31,34H,20-25H2. The molecule has 4 heteroatoms. The lowest BCUT2D eigenvalue weighted by atomic mass is 9.34. The zero-order chi connectivity index (χ0) is 29.3. The van der Waals surface area contributed by atoms with Crippen molar-refractivity contribution in [2.45, 2.75) is 54.4 Å². The van der Waals surface area contributed by atoms with Gasteiger partial charge in [-0.15, -0.1) is 0 Å². The summed E-state index contributed by atoms with van der Waals surface area (Å²) >= 11 is 2.03. The van der Waals surface area contributed by atoms with Crippen LogP contribution in [0.1, 0.15) is 38.5 Å². The number of rotatable bonds is 3.